The molecule has 1 fully saturated rings. The predicted octanol–water partition coefficient (Wildman–Crippen LogP) is 3.71. The number of hydrogen-bond acceptors (Lipinski definition) is 1. The Morgan fingerprint density at radius 2 is 1.94 bits per heavy atom. The molecular weight excluding hydrogens is 224 g/mol. The lowest BCUT2D eigenvalue weighted by atomic mass is 10.0. The Labute approximate surface area is 109 Å². The maximum absolute atomic E-state index is 12.3. The molecule has 1 saturated heterocycles. The van der Waals surface area contributed by atoms with Crippen molar-refractivity contribution in [3.05, 3.63) is 29.3 Å². The van der Waals surface area contributed by atoms with Gasteiger partial charge in [0.2, 0.25) is 0 Å². The van der Waals surface area contributed by atoms with Gasteiger partial charge in [0, 0.05) is 18.3 Å². The molecule has 1 atom stereocenters. The Morgan fingerprint density at radius 3 is 2.56 bits per heavy atom. The van der Waals surface area contributed by atoms with Crippen molar-refractivity contribution in [1.82, 2.24) is 4.90 Å². The van der Waals surface area contributed by atoms with Crippen molar-refractivity contribution in [2.24, 2.45) is 0 Å². The van der Waals surface area contributed by atoms with Gasteiger partial charge in [-0.05, 0) is 51.2 Å². The number of para-hydroxylation sites is 1. The number of rotatable bonds is 1. The highest BCUT2D eigenvalue weighted by Gasteiger charge is 2.23. The summed E-state index contributed by atoms with van der Waals surface area (Å²) in [6.45, 7) is 7.06. The van der Waals surface area contributed by atoms with Crippen LogP contribution in [0.1, 0.15) is 37.3 Å². The summed E-state index contributed by atoms with van der Waals surface area (Å²) in [5.74, 6) is 0. The summed E-state index contributed by atoms with van der Waals surface area (Å²) in [6, 6.07) is 6.47. The monoisotopic (exact) mass is 246 g/mol. The Balaban J connectivity index is 2.11. The number of anilines is 1. The summed E-state index contributed by atoms with van der Waals surface area (Å²) >= 11 is 0. The molecule has 1 heterocycles. The van der Waals surface area contributed by atoms with Gasteiger partial charge in [-0.1, -0.05) is 18.2 Å². The van der Waals surface area contributed by atoms with Crippen LogP contribution in [0.2, 0.25) is 0 Å². The summed E-state index contributed by atoms with van der Waals surface area (Å²) in [5.41, 5.74) is 3.20. The van der Waals surface area contributed by atoms with E-state index in [9.17, 15) is 4.79 Å². The number of carbonyl (C=O) groups excluding carboxylic acids is 1. The van der Waals surface area contributed by atoms with E-state index in [1.807, 2.05) is 36.9 Å². The number of likely N-dealkylation sites (tertiary alicyclic amines) is 1. The number of urea groups is 1. The SMILES string of the molecule is Cc1cccc(C)c1NC(=O)N1CCCC[C@@H]1C. The highest BCUT2D eigenvalue weighted by atomic mass is 16.2. The Bertz CT molecular complexity index is 422. The zero-order valence-electron chi connectivity index (χ0n) is 11.5. The summed E-state index contributed by atoms with van der Waals surface area (Å²) in [4.78, 5) is 14.3. The maximum atomic E-state index is 12.3. The fourth-order valence-corrected chi connectivity index (χ4v) is 2.59. The normalized spacial score (nSPS) is 19.7. The standard InChI is InChI=1S/C15H22N2O/c1-11-7-6-8-12(2)14(11)16-15(18)17-10-5-4-9-13(17)3/h6-8,13H,4-5,9-10H2,1-3H3,(H,16,18)/t13-/m0/s1. The van der Waals surface area contributed by atoms with E-state index in [4.69, 9.17) is 0 Å². The molecular formula is C15H22N2O. The van der Waals surface area contributed by atoms with E-state index in [0.29, 0.717) is 6.04 Å². The molecule has 1 aliphatic rings. The van der Waals surface area contributed by atoms with Crippen LogP contribution in [0.15, 0.2) is 18.2 Å². The number of amides is 2. The van der Waals surface area contributed by atoms with Gasteiger partial charge in [-0.25, -0.2) is 4.79 Å². The third-order valence-electron chi connectivity index (χ3n) is 3.78. The molecule has 18 heavy (non-hydrogen) atoms. The third kappa shape index (κ3) is 2.66. The minimum atomic E-state index is 0.0413. The molecule has 98 valence electrons. The smallest absolute Gasteiger partial charge is 0.322 e. The molecule has 0 saturated carbocycles. The summed E-state index contributed by atoms with van der Waals surface area (Å²) in [5, 5.41) is 3.07. The fourth-order valence-electron chi connectivity index (χ4n) is 2.59. The first kappa shape index (κ1) is 12.9. The average Bonchev–Trinajstić information content (AvgIpc) is 2.34. The molecule has 0 radical (unpaired) electrons. The number of piperidine rings is 1. The molecule has 0 spiro atoms. The lowest BCUT2D eigenvalue weighted by Crippen LogP contribution is -2.44. The zero-order chi connectivity index (χ0) is 13.1. The number of nitrogens with zero attached hydrogens (tertiary/aromatic N) is 1. The highest BCUT2D eigenvalue weighted by Crippen LogP contribution is 2.22. The predicted molar refractivity (Wildman–Crippen MR) is 75.0 cm³/mol. The molecule has 3 nitrogen and oxygen atoms in total. The number of aryl methyl sites for hydroxylation is 2. The second-order valence-electron chi connectivity index (χ2n) is 5.24. The first-order chi connectivity index (χ1) is 8.59. The van der Waals surface area contributed by atoms with Gasteiger partial charge in [0.25, 0.3) is 0 Å². The minimum Gasteiger partial charge on any atom is -0.322 e. The molecule has 0 bridgehead atoms. The van der Waals surface area contributed by atoms with E-state index in [0.717, 1.165) is 36.2 Å². The first-order valence-electron chi connectivity index (χ1n) is 6.73. The average molecular weight is 246 g/mol. The van der Waals surface area contributed by atoms with Gasteiger partial charge in [-0.15, -0.1) is 0 Å². The fraction of sp³-hybridized carbons (Fsp3) is 0.533. The molecule has 1 aromatic carbocycles. The van der Waals surface area contributed by atoms with Crippen LogP contribution in [-0.2, 0) is 0 Å². The Kier molecular flexibility index (Phi) is 3.90. The van der Waals surface area contributed by atoms with E-state index >= 15 is 0 Å². The minimum absolute atomic E-state index is 0.0413. The molecule has 0 unspecified atom stereocenters. The van der Waals surface area contributed by atoms with Crippen molar-refractivity contribution in [2.75, 3.05) is 11.9 Å². The van der Waals surface area contributed by atoms with Crippen LogP contribution in [0.4, 0.5) is 10.5 Å². The van der Waals surface area contributed by atoms with Gasteiger partial charge in [0.1, 0.15) is 0 Å². The van der Waals surface area contributed by atoms with Gasteiger partial charge in [-0.2, -0.15) is 0 Å². The van der Waals surface area contributed by atoms with Crippen molar-refractivity contribution in [1.29, 1.82) is 0 Å². The maximum Gasteiger partial charge on any atom is 0.322 e. The highest BCUT2D eigenvalue weighted by molar-refractivity contribution is 5.91. The molecule has 0 aliphatic carbocycles. The molecule has 2 amide bonds. The van der Waals surface area contributed by atoms with Crippen molar-refractivity contribution in [3.63, 3.8) is 0 Å². The summed E-state index contributed by atoms with van der Waals surface area (Å²) < 4.78 is 0. The van der Waals surface area contributed by atoms with Crippen LogP contribution in [0, 0.1) is 13.8 Å². The first-order valence-corrected chi connectivity index (χ1v) is 6.73. The molecule has 2 rings (SSSR count). The van der Waals surface area contributed by atoms with E-state index in [2.05, 4.69) is 12.2 Å². The van der Waals surface area contributed by atoms with E-state index in [-0.39, 0.29) is 6.03 Å². The number of benzene rings is 1. The zero-order valence-corrected chi connectivity index (χ0v) is 11.5. The summed E-state index contributed by atoms with van der Waals surface area (Å²) in [6.07, 6.45) is 3.46. The molecule has 1 aliphatic heterocycles. The van der Waals surface area contributed by atoms with Crippen LogP contribution < -0.4 is 5.32 Å². The Morgan fingerprint density at radius 1 is 1.28 bits per heavy atom. The number of carbonyl (C=O) groups is 1. The second-order valence-corrected chi connectivity index (χ2v) is 5.24. The lowest BCUT2D eigenvalue weighted by molar-refractivity contribution is 0.170. The van der Waals surface area contributed by atoms with E-state index in [1.54, 1.807) is 0 Å². The van der Waals surface area contributed by atoms with Gasteiger partial charge >= 0.3 is 6.03 Å². The van der Waals surface area contributed by atoms with E-state index in [1.165, 1.54) is 6.42 Å². The van der Waals surface area contributed by atoms with E-state index < -0.39 is 0 Å². The van der Waals surface area contributed by atoms with Crippen molar-refractivity contribution in [2.45, 2.75) is 46.1 Å². The van der Waals surface area contributed by atoms with Crippen molar-refractivity contribution >= 4 is 11.7 Å². The quantitative estimate of drug-likeness (QED) is 0.805. The summed E-state index contributed by atoms with van der Waals surface area (Å²) in [7, 11) is 0. The third-order valence-corrected chi connectivity index (χ3v) is 3.78. The Hall–Kier alpha value is -1.51. The van der Waals surface area contributed by atoms with Crippen LogP contribution in [-0.4, -0.2) is 23.5 Å². The van der Waals surface area contributed by atoms with Crippen LogP contribution in [0.5, 0.6) is 0 Å². The van der Waals surface area contributed by atoms with Crippen molar-refractivity contribution in [3.8, 4) is 0 Å². The van der Waals surface area contributed by atoms with Gasteiger partial charge < -0.3 is 10.2 Å². The molecule has 0 aromatic heterocycles. The van der Waals surface area contributed by atoms with Gasteiger partial charge in [-0.3, -0.25) is 0 Å². The number of hydrogen-bond donors (Lipinski definition) is 1. The largest absolute Gasteiger partial charge is 0.322 e. The van der Waals surface area contributed by atoms with Crippen LogP contribution in [0.25, 0.3) is 0 Å². The second kappa shape index (κ2) is 5.42. The molecule has 3 heteroatoms. The molecule has 1 aromatic rings. The van der Waals surface area contributed by atoms with Gasteiger partial charge in [0.05, 0.1) is 0 Å². The van der Waals surface area contributed by atoms with Crippen LogP contribution in [0.3, 0.4) is 0 Å². The topological polar surface area (TPSA) is 32.3 Å². The lowest BCUT2D eigenvalue weighted by Gasteiger charge is -2.33. The molecule has 1 N–H and O–H groups in total. The van der Waals surface area contributed by atoms with Crippen molar-refractivity contribution < 1.29 is 4.79 Å². The number of nitrogens with one attached hydrogen (secondary N) is 1. The van der Waals surface area contributed by atoms with Gasteiger partial charge in [0.15, 0.2) is 0 Å². The van der Waals surface area contributed by atoms with Crippen LogP contribution >= 0.6 is 0 Å².